The van der Waals surface area contributed by atoms with Crippen molar-refractivity contribution in [2.24, 2.45) is 0 Å². The molecule has 0 aliphatic heterocycles. The quantitative estimate of drug-likeness (QED) is 0.573. The predicted molar refractivity (Wildman–Crippen MR) is 85.8 cm³/mol. The van der Waals surface area contributed by atoms with Crippen molar-refractivity contribution >= 4 is 17.3 Å². The number of non-ortho nitro benzene ring substituents is 1. The molecule has 0 saturated carbocycles. The molecule has 0 aliphatic rings. The van der Waals surface area contributed by atoms with E-state index in [1.165, 1.54) is 18.2 Å². The van der Waals surface area contributed by atoms with Crippen LogP contribution in [0.1, 0.15) is 21.9 Å². The number of hydrogen-bond donors (Lipinski definition) is 1. The average Bonchev–Trinajstić information content (AvgIpc) is 3.21. The molecule has 0 fully saturated rings. The van der Waals surface area contributed by atoms with Crippen LogP contribution in [0.2, 0.25) is 0 Å². The van der Waals surface area contributed by atoms with E-state index >= 15 is 0 Å². The lowest BCUT2D eigenvalue weighted by Gasteiger charge is -2.06. The number of benzene rings is 1. The van der Waals surface area contributed by atoms with Gasteiger partial charge in [-0.05, 0) is 36.8 Å². The number of rotatable bonds is 5. The second-order valence-electron chi connectivity index (χ2n) is 5.18. The lowest BCUT2D eigenvalue weighted by molar-refractivity contribution is -0.384. The number of hydrogen-bond acceptors (Lipinski definition) is 5. The van der Waals surface area contributed by atoms with E-state index in [2.05, 4.69) is 10.4 Å². The van der Waals surface area contributed by atoms with Gasteiger partial charge in [0.25, 0.3) is 11.6 Å². The van der Waals surface area contributed by atoms with Gasteiger partial charge >= 0.3 is 0 Å². The Morgan fingerprint density at radius 3 is 2.88 bits per heavy atom. The Bertz CT molecular complexity index is 883. The third-order valence-corrected chi connectivity index (χ3v) is 3.43. The Labute approximate surface area is 136 Å². The predicted octanol–water partition coefficient (Wildman–Crippen LogP) is 2.99. The third kappa shape index (κ3) is 3.32. The van der Waals surface area contributed by atoms with Crippen LogP contribution in [0.5, 0.6) is 0 Å². The van der Waals surface area contributed by atoms with Crippen molar-refractivity contribution in [1.29, 1.82) is 0 Å². The summed E-state index contributed by atoms with van der Waals surface area (Å²) in [4.78, 5) is 22.5. The average molecular weight is 326 g/mol. The fourth-order valence-electron chi connectivity index (χ4n) is 2.22. The van der Waals surface area contributed by atoms with Gasteiger partial charge in [0.1, 0.15) is 5.76 Å². The Balaban J connectivity index is 1.71. The number of anilines is 1. The van der Waals surface area contributed by atoms with Crippen LogP contribution in [-0.4, -0.2) is 20.6 Å². The molecule has 0 bridgehead atoms. The van der Waals surface area contributed by atoms with Crippen molar-refractivity contribution in [3.63, 3.8) is 0 Å². The first-order valence-corrected chi connectivity index (χ1v) is 7.15. The number of carbonyl (C=O) groups excluding carboxylic acids is 1. The summed E-state index contributed by atoms with van der Waals surface area (Å²) in [6, 6.07) is 9.33. The first-order valence-electron chi connectivity index (χ1n) is 7.15. The van der Waals surface area contributed by atoms with E-state index in [0.29, 0.717) is 23.6 Å². The molecule has 0 saturated heterocycles. The lowest BCUT2D eigenvalue weighted by Crippen LogP contribution is -2.12. The molecule has 0 spiro atoms. The summed E-state index contributed by atoms with van der Waals surface area (Å²) in [5.74, 6) is 0.345. The van der Waals surface area contributed by atoms with Gasteiger partial charge in [-0.3, -0.25) is 19.6 Å². The molecule has 1 N–H and O–H groups in total. The number of nitrogens with one attached hydrogen (secondary N) is 1. The zero-order valence-corrected chi connectivity index (χ0v) is 12.8. The monoisotopic (exact) mass is 326 g/mol. The SMILES string of the molecule is Cc1cc([N+](=O)[O-])ccc1NC(=O)c1ccc(Cn2cccn2)o1. The maximum Gasteiger partial charge on any atom is 0.291 e. The molecule has 1 aromatic carbocycles. The molecule has 0 unspecified atom stereocenters. The van der Waals surface area contributed by atoms with Crippen molar-refractivity contribution in [3.8, 4) is 0 Å². The highest BCUT2D eigenvalue weighted by molar-refractivity contribution is 6.02. The lowest BCUT2D eigenvalue weighted by atomic mass is 10.2. The van der Waals surface area contributed by atoms with Crippen molar-refractivity contribution in [1.82, 2.24) is 9.78 Å². The minimum atomic E-state index is -0.479. The van der Waals surface area contributed by atoms with Crippen LogP contribution in [0.4, 0.5) is 11.4 Å². The van der Waals surface area contributed by atoms with Gasteiger partial charge in [0.2, 0.25) is 0 Å². The summed E-state index contributed by atoms with van der Waals surface area (Å²) in [6.07, 6.45) is 3.45. The van der Waals surface area contributed by atoms with Gasteiger partial charge in [-0.15, -0.1) is 0 Å². The summed E-state index contributed by atoms with van der Waals surface area (Å²) in [7, 11) is 0. The third-order valence-electron chi connectivity index (χ3n) is 3.43. The number of amides is 1. The van der Waals surface area contributed by atoms with Gasteiger partial charge in [-0.25, -0.2) is 0 Å². The highest BCUT2D eigenvalue weighted by Gasteiger charge is 2.14. The molecule has 2 aromatic heterocycles. The highest BCUT2D eigenvalue weighted by Crippen LogP contribution is 2.22. The molecular formula is C16H14N4O4. The smallest absolute Gasteiger partial charge is 0.291 e. The number of nitro groups is 1. The topological polar surface area (TPSA) is 103 Å². The molecule has 24 heavy (non-hydrogen) atoms. The van der Waals surface area contributed by atoms with E-state index < -0.39 is 10.8 Å². The summed E-state index contributed by atoms with van der Waals surface area (Å²) < 4.78 is 7.19. The van der Waals surface area contributed by atoms with Crippen molar-refractivity contribution in [2.45, 2.75) is 13.5 Å². The van der Waals surface area contributed by atoms with E-state index in [1.807, 2.05) is 0 Å². The standard InChI is InChI=1S/C16H14N4O4/c1-11-9-12(20(22)23)3-5-14(11)18-16(21)15-6-4-13(24-15)10-19-8-2-7-17-19/h2-9H,10H2,1H3,(H,18,21). The second kappa shape index (κ2) is 6.37. The van der Waals surface area contributed by atoms with Gasteiger partial charge in [0, 0.05) is 30.2 Å². The first kappa shape index (κ1) is 15.5. The molecule has 2 heterocycles. The molecule has 0 atom stereocenters. The van der Waals surface area contributed by atoms with Crippen LogP contribution in [0.15, 0.2) is 53.2 Å². The molecule has 1 amide bonds. The zero-order chi connectivity index (χ0) is 17.1. The Hall–Kier alpha value is -3.42. The minimum Gasteiger partial charge on any atom is -0.454 e. The maximum atomic E-state index is 12.2. The number of carbonyl (C=O) groups is 1. The molecule has 8 heteroatoms. The highest BCUT2D eigenvalue weighted by atomic mass is 16.6. The Morgan fingerprint density at radius 1 is 1.38 bits per heavy atom. The Morgan fingerprint density at radius 2 is 2.21 bits per heavy atom. The molecule has 3 aromatic rings. The van der Waals surface area contributed by atoms with E-state index in [4.69, 9.17) is 4.42 Å². The van der Waals surface area contributed by atoms with Gasteiger partial charge in [0.05, 0.1) is 11.5 Å². The van der Waals surface area contributed by atoms with Gasteiger partial charge in [-0.2, -0.15) is 5.10 Å². The number of aryl methyl sites for hydroxylation is 1. The summed E-state index contributed by atoms with van der Waals surface area (Å²) in [5.41, 5.74) is 1.07. The van der Waals surface area contributed by atoms with Crippen molar-refractivity contribution in [3.05, 3.63) is 76.0 Å². The molecule has 8 nitrogen and oxygen atoms in total. The first-order chi connectivity index (χ1) is 11.5. The van der Waals surface area contributed by atoms with E-state index in [1.54, 1.807) is 42.2 Å². The number of aromatic nitrogens is 2. The number of nitrogens with zero attached hydrogens (tertiary/aromatic N) is 3. The summed E-state index contributed by atoms with van der Waals surface area (Å²) in [6.45, 7) is 2.12. The van der Waals surface area contributed by atoms with E-state index in [0.717, 1.165) is 0 Å². The van der Waals surface area contributed by atoms with Crippen LogP contribution in [0, 0.1) is 17.0 Å². The molecular weight excluding hydrogens is 312 g/mol. The van der Waals surface area contributed by atoms with Crippen LogP contribution >= 0.6 is 0 Å². The largest absolute Gasteiger partial charge is 0.454 e. The van der Waals surface area contributed by atoms with Gasteiger partial charge in [-0.1, -0.05) is 0 Å². The van der Waals surface area contributed by atoms with Crippen LogP contribution in [0.25, 0.3) is 0 Å². The fraction of sp³-hybridized carbons (Fsp3) is 0.125. The fourth-order valence-corrected chi connectivity index (χ4v) is 2.22. The molecule has 0 aliphatic carbocycles. The van der Waals surface area contributed by atoms with Crippen LogP contribution < -0.4 is 5.32 Å². The van der Waals surface area contributed by atoms with E-state index in [-0.39, 0.29) is 11.4 Å². The molecule has 122 valence electrons. The van der Waals surface area contributed by atoms with Crippen LogP contribution in [0.3, 0.4) is 0 Å². The number of nitro benzene ring substituents is 1. The summed E-state index contributed by atoms with van der Waals surface area (Å²) in [5, 5.41) is 17.5. The van der Waals surface area contributed by atoms with Crippen LogP contribution in [-0.2, 0) is 6.54 Å². The molecule has 3 rings (SSSR count). The second-order valence-corrected chi connectivity index (χ2v) is 5.18. The van der Waals surface area contributed by atoms with Crippen molar-refractivity contribution < 1.29 is 14.1 Å². The Kier molecular flexibility index (Phi) is 4.11. The number of furan rings is 1. The van der Waals surface area contributed by atoms with E-state index in [9.17, 15) is 14.9 Å². The molecule has 0 radical (unpaired) electrons. The maximum absolute atomic E-state index is 12.2. The minimum absolute atomic E-state index is 0.0231. The van der Waals surface area contributed by atoms with Gasteiger partial charge in [0.15, 0.2) is 5.76 Å². The zero-order valence-electron chi connectivity index (χ0n) is 12.8. The summed E-state index contributed by atoms with van der Waals surface area (Å²) >= 11 is 0. The van der Waals surface area contributed by atoms with Gasteiger partial charge < -0.3 is 9.73 Å². The normalized spacial score (nSPS) is 10.5. The van der Waals surface area contributed by atoms with Crippen molar-refractivity contribution in [2.75, 3.05) is 5.32 Å².